The van der Waals surface area contributed by atoms with Gasteiger partial charge in [-0.3, -0.25) is 4.79 Å². The summed E-state index contributed by atoms with van der Waals surface area (Å²) in [5, 5.41) is 7.99. The number of amides is 1. The maximum absolute atomic E-state index is 12.3. The summed E-state index contributed by atoms with van der Waals surface area (Å²) in [5.41, 5.74) is -0.0318. The van der Waals surface area contributed by atoms with Crippen molar-refractivity contribution in [3.63, 3.8) is 0 Å². The lowest BCUT2D eigenvalue weighted by Gasteiger charge is -2.19. The molecule has 116 valence electrons. The van der Waals surface area contributed by atoms with E-state index in [1.807, 2.05) is 6.92 Å². The highest BCUT2D eigenvalue weighted by Gasteiger charge is 2.31. The quantitative estimate of drug-likeness (QED) is 0.826. The van der Waals surface area contributed by atoms with Gasteiger partial charge in [0.1, 0.15) is 6.54 Å². The van der Waals surface area contributed by atoms with Crippen molar-refractivity contribution in [3.05, 3.63) is 39.8 Å². The van der Waals surface area contributed by atoms with Crippen molar-refractivity contribution in [2.45, 2.75) is 32.4 Å². The highest BCUT2D eigenvalue weighted by Crippen LogP contribution is 2.26. The van der Waals surface area contributed by atoms with Gasteiger partial charge in [-0.1, -0.05) is 23.7 Å². The van der Waals surface area contributed by atoms with Crippen molar-refractivity contribution in [1.82, 2.24) is 24.7 Å². The molecule has 1 heterocycles. The molecule has 1 aliphatic rings. The Balaban J connectivity index is 1.83. The van der Waals surface area contributed by atoms with Crippen LogP contribution in [0.3, 0.4) is 0 Å². The van der Waals surface area contributed by atoms with Crippen molar-refractivity contribution in [2.24, 2.45) is 0 Å². The van der Waals surface area contributed by atoms with E-state index in [9.17, 15) is 9.59 Å². The first kappa shape index (κ1) is 14.8. The summed E-state index contributed by atoms with van der Waals surface area (Å²) in [5.74, 6) is -0.113. The van der Waals surface area contributed by atoms with Gasteiger partial charge in [-0.05, 0) is 42.3 Å². The van der Waals surface area contributed by atoms with E-state index >= 15 is 0 Å². The number of benzene rings is 1. The summed E-state index contributed by atoms with van der Waals surface area (Å²) >= 11 is 6.06. The molecule has 7 nitrogen and oxygen atoms in total. The number of nitrogens with zero attached hydrogens (tertiary/aromatic N) is 5. The number of aromatic nitrogens is 4. The van der Waals surface area contributed by atoms with Crippen LogP contribution in [-0.2, 0) is 11.3 Å². The zero-order valence-corrected chi connectivity index (χ0v) is 12.9. The molecule has 1 fully saturated rings. The second-order valence-corrected chi connectivity index (χ2v) is 5.60. The van der Waals surface area contributed by atoms with Crippen LogP contribution < -0.4 is 5.69 Å². The minimum Gasteiger partial charge on any atom is -0.338 e. The smallest absolute Gasteiger partial charge is 0.338 e. The number of tetrazole rings is 1. The molecule has 1 saturated carbocycles. The average Bonchev–Trinajstić information content (AvgIpc) is 3.27. The summed E-state index contributed by atoms with van der Waals surface area (Å²) in [6.45, 7) is 2.46. The van der Waals surface area contributed by atoms with Gasteiger partial charge in [0.25, 0.3) is 0 Å². The van der Waals surface area contributed by atoms with E-state index in [0.717, 1.165) is 22.2 Å². The molecule has 22 heavy (non-hydrogen) atoms. The molecule has 0 radical (unpaired) electrons. The van der Waals surface area contributed by atoms with E-state index in [4.69, 9.17) is 11.6 Å². The Labute approximate surface area is 132 Å². The summed E-state index contributed by atoms with van der Waals surface area (Å²) < 4.78 is 2.17. The molecule has 1 aromatic heterocycles. The van der Waals surface area contributed by atoms with E-state index in [-0.39, 0.29) is 12.5 Å². The predicted octanol–water partition coefficient (Wildman–Crippen LogP) is 1.09. The zero-order chi connectivity index (χ0) is 15.7. The molecule has 0 spiro atoms. The summed E-state index contributed by atoms with van der Waals surface area (Å²) in [6, 6.07) is 7.17. The Hall–Kier alpha value is -2.15. The number of hydrogen-bond donors (Lipinski definition) is 0. The third kappa shape index (κ3) is 2.76. The van der Waals surface area contributed by atoms with Gasteiger partial charge < -0.3 is 4.90 Å². The molecule has 0 saturated heterocycles. The maximum atomic E-state index is 12.3. The molecule has 8 heteroatoms. The topological polar surface area (TPSA) is 73.0 Å². The van der Waals surface area contributed by atoms with Gasteiger partial charge in [0.2, 0.25) is 5.91 Å². The number of carbonyl (C=O) groups is 1. The average molecular weight is 322 g/mol. The number of para-hydroxylation sites is 1. The van der Waals surface area contributed by atoms with Gasteiger partial charge in [0, 0.05) is 12.6 Å². The lowest BCUT2D eigenvalue weighted by molar-refractivity contribution is -0.132. The fourth-order valence-electron chi connectivity index (χ4n) is 2.39. The first-order valence-corrected chi connectivity index (χ1v) is 7.56. The maximum Gasteiger partial charge on any atom is 0.369 e. The Morgan fingerprint density at radius 2 is 2.09 bits per heavy atom. The second-order valence-electron chi connectivity index (χ2n) is 5.19. The minimum absolute atomic E-state index is 0.104. The van der Waals surface area contributed by atoms with Crippen molar-refractivity contribution < 1.29 is 4.79 Å². The van der Waals surface area contributed by atoms with Gasteiger partial charge in [-0.15, -0.1) is 0 Å². The Bertz CT molecular complexity index is 750. The number of likely N-dealkylation sites (N-methyl/N-ethyl adjacent to an activating group) is 1. The van der Waals surface area contributed by atoms with Crippen LogP contribution in [0.5, 0.6) is 0 Å². The second kappa shape index (κ2) is 5.92. The predicted molar refractivity (Wildman–Crippen MR) is 81.0 cm³/mol. The number of carbonyl (C=O) groups excluding carboxylic acids is 1. The highest BCUT2D eigenvalue weighted by molar-refractivity contribution is 6.32. The van der Waals surface area contributed by atoms with Crippen molar-refractivity contribution in [2.75, 3.05) is 6.54 Å². The number of hydrogen-bond acceptors (Lipinski definition) is 4. The molecule has 0 N–H and O–H groups in total. The van der Waals surface area contributed by atoms with Crippen LogP contribution in [0.25, 0.3) is 5.69 Å². The number of halogens is 1. The Morgan fingerprint density at radius 3 is 2.73 bits per heavy atom. The fraction of sp³-hybridized carbons (Fsp3) is 0.429. The van der Waals surface area contributed by atoms with Gasteiger partial charge in [0.05, 0.1) is 10.7 Å². The normalized spacial score (nSPS) is 14.1. The first-order chi connectivity index (χ1) is 10.6. The molecule has 1 aliphatic carbocycles. The number of rotatable bonds is 5. The van der Waals surface area contributed by atoms with E-state index in [0.29, 0.717) is 23.3 Å². The van der Waals surface area contributed by atoms with Crippen LogP contribution in [0.2, 0.25) is 5.02 Å². The monoisotopic (exact) mass is 321 g/mol. The molecule has 3 rings (SSSR count). The third-order valence-corrected chi connectivity index (χ3v) is 3.97. The molecule has 2 aromatic rings. The molecule has 0 atom stereocenters. The summed E-state index contributed by atoms with van der Waals surface area (Å²) in [6.07, 6.45) is 2.06. The van der Waals surface area contributed by atoms with Crippen LogP contribution in [0.15, 0.2) is 29.1 Å². The third-order valence-electron chi connectivity index (χ3n) is 3.65. The lowest BCUT2D eigenvalue weighted by atomic mass is 10.3. The SMILES string of the molecule is CCN(C(=O)Cn1nnn(-c2ccccc2Cl)c1=O)C1CC1. The van der Waals surface area contributed by atoms with Crippen LogP contribution in [0.4, 0.5) is 0 Å². The fourth-order valence-corrected chi connectivity index (χ4v) is 2.61. The van der Waals surface area contributed by atoms with Crippen LogP contribution in [-0.4, -0.2) is 43.2 Å². The molecule has 1 aromatic carbocycles. The molecule has 1 amide bonds. The summed E-state index contributed by atoms with van der Waals surface area (Å²) in [7, 11) is 0. The van der Waals surface area contributed by atoms with Crippen LogP contribution in [0.1, 0.15) is 19.8 Å². The van der Waals surface area contributed by atoms with Crippen molar-refractivity contribution >= 4 is 17.5 Å². The molecule has 0 bridgehead atoms. The minimum atomic E-state index is -0.478. The first-order valence-electron chi connectivity index (χ1n) is 7.19. The molecule has 0 unspecified atom stereocenters. The Kier molecular flexibility index (Phi) is 3.98. The van der Waals surface area contributed by atoms with Crippen molar-refractivity contribution in [3.8, 4) is 5.69 Å². The highest BCUT2D eigenvalue weighted by atomic mass is 35.5. The largest absolute Gasteiger partial charge is 0.369 e. The molecular weight excluding hydrogens is 306 g/mol. The van der Waals surface area contributed by atoms with E-state index in [1.165, 1.54) is 0 Å². The van der Waals surface area contributed by atoms with Gasteiger partial charge in [0.15, 0.2) is 0 Å². The lowest BCUT2D eigenvalue weighted by Crippen LogP contribution is -2.38. The van der Waals surface area contributed by atoms with Crippen molar-refractivity contribution in [1.29, 1.82) is 0 Å². The van der Waals surface area contributed by atoms with E-state index in [2.05, 4.69) is 10.4 Å². The van der Waals surface area contributed by atoms with E-state index < -0.39 is 5.69 Å². The standard InChI is InChI=1S/C14H16ClN5O2/c1-2-18(10-7-8-10)13(21)9-19-14(22)20(17-16-19)12-6-4-3-5-11(12)15/h3-6,10H,2,7-9H2,1H3. The van der Waals surface area contributed by atoms with Gasteiger partial charge in [-0.25, -0.2) is 4.79 Å². The molecular formula is C14H16ClN5O2. The van der Waals surface area contributed by atoms with Crippen LogP contribution >= 0.6 is 11.6 Å². The van der Waals surface area contributed by atoms with Gasteiger partial charge in [-0.2, -0.15) is 9.36 Å². The van der Waals surface area contributed by atoms with E-state index in [1.54, 1.807) is 29.2 Å². The molecule has 0 aliphatic heterocycles. The summed E-state index contributed by atoms with van der Waals surface area (Å²) in [4.78, 5) is 26.4. The Morgan fingerprint density at radius 1 is 1.36 bits per heavy atom. The zero-order valence-electron chi connectivity index (χ0n) is 12.1. The van der Waals surface area contributed by atoms with Crippen LogP contribution in [0, 0.1) is 0 Å². The van der Waals surface area contributed by atoms with Gasteiger partial charge >= 0.3 is 5.69 Å².